The highest BCUT2D eigenvalue weighted by Gasteiger charge is 2.22. The largest absolute Gasteiger partial charge is 0.371 e. The van der Waals surface area contributed by atoms with Crippen molar-refractivity contribution >= 4 is 17.3 Å². The second kappa shape index (κ2) is 5.94. The molecule has 3 heteroatoms. The molecule has 0 bridgehead atoms. The Morgan fingerprint density at radius 2 is 2.11 bits per heavy atom. The Morgan fingerprint density at radius 1 is 1.33 bits per heavy atom. The van der Waals surface area contributed by atoms with Gasteiger partial charge < -0.3 is 10.2 Å². The summed E-state index contributed by atoms with van der Waals surface area (Å²) in [5.41, 5.74) is 2.43. The predicted octanol–water partition coefficient (Wildman–Crippen LogP) is 3.54. The van der Waals surface area contributed by atoms with E-state index >= 15 is 0 Å². The first-order chi connectivity index (χ1) is 8.61. The van der Waals surface area contributed by atoms with Gasteiger partial charge in [0.25, 0.3) is 0 Å². The predicted molar refractivity (Wildman–Crippen MR) is 79.4 cm³/mol. The lowest BCUT2D eigenvalue weighted by atomic mass is 9.88. The average Bonchev–Trinajstić information content (AvgIpc) is 2.35. The topological polar surface area (TPSA) is 15.3 Å². The van der Waals surface area contributed by atoms with Gasteiger partial charge in [-0.15, -0.1) is 0 Å². The fraction of sp³-hybridized carbons (Fsp3) is 0.600. The number of nitrogens with zero attached hydrogens (tertiary/aromatic N) is 1. The monoisotopic (exact) mass is 266 g/mol. The van der Waals surface area contributed by atoms with Crippen LogP contribution in [0.4, 0.5) is 5.69 Å². The third kappa shape index (κ3) is 2.99. The Labute approximate surface area is 115 Å². The van der Waals surface area contributed by atoms with Crippen LogP contribution >= 0.6 is 11.6 Å². The summed E-state index contributed by atoms with van der Waals surface area (Å²) in [6, 6.07) is 6.44. The van der Waals surface area contributed by atoms with Crippen LogP contribution in [-0.2, 0) is 6.54 Å². The van der Waals surface area contributed by atoms with Gasteiger partial charge in [-0.05, 0) is 43.0 Å². The molecular weight excluding hydrogens is 244 g/mol. The van der Waals surface area contributed by atoms with Gasteiger partial charge in [0, 0.05) is 30.3 Å². The molecule has 18 heavy (non-hydrogen) atoms. The highest BCUT2D eigenvalue weighted by molar-refractivity contribution is 6.31. The molecule has 0 aliphatic carbocycles. The molecule has 2 rings (SSSR count). The summed E-state index contributed by atoms with van der Waals surface area (Å²) in [6.45, 7) is 7.81. The Morgan fingerprint density at radius 3 is 2.72 bits per heavy atom. The van der Waals surface area contributed by atoms with Gasteiger partial charge in [0.05, 0.1) is 0 Å². The number of nitrogens with one attached hydrogen (secondary N) is 1. The maximum atomic E-state index is 6.33. The van der Waals surface area contributed by atoms with Crippen molar-refractivity contribution in [2.24, 2.45) is 11.8 Å². The van der Waals surface area contributed by atoms with Crippen molar-refractivity contribution in [2.45, 2.75) is 26.8 Å². The first kappa shape index (κ1) is 13.7. The van der Waals surface area contributed by atoms with Crippen LogP contribution in [0.5, 0.6) is 0 Å². The van der Waals surface area contributed by atoms with Gasteiger partial charge in [-0.25, -0.2) is 0 Å². The molecule has 1 aliphatic rings. The fourth-order valence-electron chi connectivity index (χ4n) is 2.56. The first-order valence-corrected chi connectivity index (χ1v) is 7.17. The second-order valence-corrected chi connectivity index (χ2v) is 5.90. The van der Waals surface area contributed by atoms with Crippen molar-refractivity contribution in [3.8, 4) is 0 Å². The van der Waals surface area contributed by atoms with Crippen LogP contribution < -0.4 is 10.2 Å². The number of anilines is 1. The summed E-state index contributed by atoms with van der Waals surface area (Å²) in [5.74, 6) is 1.59. The van der Waals surface area contributed by atoms with E-state index in [9.17, 15) is 0 Å². The molecule has 1 aromatic carbocycles. The second-order valence-electron chi connectivity index (χ2n) is 5.50. The van der Waals surface area contributed by atoms with Crippen molar-refractivity contribution < 1.29 is 0 Å². The quantitative estimate of drug-likeness (QED) is 0.900. The molecular formula is C15H23ClN2. The summed E-state index contributed by atoms with van der Waals surface area (Å²) < 4.78 is 0. The Balaban J connectivity index is 2.12. The molecule has 1 saturated heterocycles. The first-order valence-electron chi connectivity index (χ1n) is 6.79. The number of rotatable bonds is 3. The normalized spacial score (nSPS) is 24.3. The lowest BCUT2D eigenvalue weighted by molar-refractivity contribution is 0.324. The molecule has 1 fully saturated rings. The van der Waals surface area contributed by atoms with Gasteiger partial charge in [0.1, 0.15) is 0 Å². The molecule has 0 radical (unpaired) electrons. The molecule has 2 atom stereocenters. The number of benzene rings is 1. The standard InChI is InChI=1S/C15H23ClN2/c1-11-6-7-18(10-12(11)2)14-5-4-13(9-17-3)15(16)8-14/h4-5,8,11-12,17H,6-7,9-10H2,1-3H3. The van der Waals surface area contributed by atoms with Gasteiger partial charge in [-0.2, -0.15) is 0 Å². The maximum Gasteiger partial charge on any atom is 0.0471 e. The Bertz CT molecular complexity index is 405. The van der Waals surface area contributed by atoms with Crippen LogP contribution in [0, 0.1) is 11.8 Å². The summed E-state index contributed by atoms with van der Waals surface area (Å²) in [4.78, 5) is 2.46. The molecule has 2 unspecified atom stereocenters. The van der Waals surface area contributed by atoms with Crippen LogP contribution in [0.2, 0.25) is 5.02 Å². The Kier molecular flexibility index (Phi) is 4.52. The minimum absolute atomic E-state index is 0.759. The van der Waals surface area contributed by atoms with E-state index in [-0.39, 0.29) is 0 Å². The number of hydrogen-bond donors (Lipinski definition) is 1. The number of hydrogen-bond acceptors (Lipinski definition) is 2. The Hall–Kier alpha value is -0.730. The van der Waals surface area contributed by atoms with Crippen molar-refractivity contribution in [3.05, 3.63) is 28.8 Å². The zero-order chi connectivity index (χ0) is 13.1. The zero-order valence-electron chi connectivity index (χ0n) is 11.5. The molecule has 0 aromatic heterocycles. The molecule has 1 heterocycles. The van der Waals surface area contributed by atoms with E-state index in [0.717, 1.165) is 36.5 Å². The van der Waals surface area contributed by atoms with Gasteiger partial charge in [0.2, 0.25) is 0 Å². The molecule has 0 spiro atoms. The summed E-state index contributed by atoms with van der Waals surface area (Å²) >= 11 is 6.33. The van der Waals surface area contributed by atoms with Gasteiger partial charge in [-0.3, -0.25) is 0 Å². The van der Waals surface area contributed by atoms with E-state index in [1.165, 1.54) is 17.7 Å². The van der Waals surface area contributed by atoms with E-state index in [2.05, 4.69) is 42.3 Å². The maximum absolute atomic E-state index is 6.33. The van der Waals surface area contributed by atoms with E-state index in [0.29, 0.717) is 0 Å². The zero-order valence-corrected chi connectivity index (χ0v) is 12.3. The number of piperidine rings is 1. The van der Waals surface area contributed by atoms with Crippen molar-refractivity contribution in [1.82, 2.24) is 5.32 Å². The molecule has 2 nitrogen and oxygen atoms in total. The summed E-state index contributed by atoms with van der Waals surface area (Å²) in [5, 5.41) is 4.01. The minimum Gasteiger partial charge on any atom is -0.371 e. The molecule has 100 valence electrons. The highest BCUT2D eigenvalue weighted by atomic mass is 35.5. The van der Waals surface area contributed by atoms with Crippen LogP contribution in [0.25, 0.3) is 0 Å². The van der Waals surface area contributed by atoms with E-state index in [1.807, 2.05) is 7.05 Å². The van der Waals surface area contributed by atoms with Gasteiger partial charge >= 0.3 is 0 Å². The average molecular weight is 267 g/mol. The molecule has 1 N–H and O–H groups in total. The number of halogens is 1. The highest BCUT2D eigenvalue weighted by Crippen LogP contribution is 2.29. The molecule has 1 aromatic rings. The third-order valence-corrected chi connectivity index (χ3v) is 4.46. The van der Waals surface area contributed by atoms with Crippen LogP contribution in [0.3, 0.4) is 0 Å². The lowest BCUT2D eigenvalue weighted by Crippen LogP contribution is -2.38. The smallest absolute Gasteiger partial charge is 0.0471 e. The molecule has 0 amide bonds. The van der Waals surface area contributed by atoms with Crippen LogP contribution in [0.1, 0.15) is 25.8 Å². The summed E-state index contributed by atoms with van der Waals surface area (Å²) in [6.07, 6.45) is 1.27. The van der Waals surface area contributed by atoms with Crippen molar-refractivity contribution in [3.63, 3.8) is 0 Å². The van der Waals surface area contributed by atoms with Crippen LogP contribution in [-0.4, -0.2) is 20.1 Å². The SMILES string of the molecule is CNCc1ccc(N2CCC(C)C(C)C2)cc1Cl. The fourth-order valence-corrected chi connectivity index (χ4v) is 2.81. The van der Waals surface area contributed by atoms with E-state index < -0.39 is 0 Å². The molecule has 0 saturated carbocycles. The van der Waals surface area contributed by atoms with E-state index in [1.54, 1.807) is 0 Å². The van der Waals surface area contributed by atoms with Crippen LogP contribution in [0.15, 0.2) is 18.2 Å². The van der Waals surface area contributed by atoms with Gasteiger partial charge in [0.15, 0.2) is 0 Å². The third-order valence-electron chi connectivity index (χ3n) is 4.10. The van der Waals surface area contributed by atoms with Gasteiger partial charge in [-0.1, -0.05) is 31.5 Å². The molecule has 1 aliphatic heterocycles. The van der Waals surface area contributed by atoms with E-state index in [4.69, 9.17) is 11.6 Å². The minimum atomic E-state index is 0.759. The van der Waals surface area contributed by atoms with Crippen molar-refractivity contribution in [1.29, 1.82) is 0 Å². The lowest BCUT2D eigenvalue weighted by Gasteiger charge is -2.37. The summed E-state index contributed by atoms with van der Waals surface area (Å²) in [7, 11) is 1.94. The van der Waals surface area contributed by atoms with Crippen molar-refractivity contribution in [2.75, 3.05) is 25.0 Å².